The number of fused-ring (bicyclic) bond motifs is 4. The SMILES string of the molecule is CC(C)(C)C1CCB2C/C=C/C3OB(C/C=C/C1O2)COC3C(C)(C)C. The largest absolute Gasteiger partial charge is 0.429 e. The van der Waals surface area contributed by atoms with Gasteiger partial charge in [-0.3, -0.25) is 0 Å². The van der Waals surface area contributed by atoms with Crippen LogP contribution in [0, 0.1) is 16.7 Å². The molecule has 0 aromatic rings. The minimum atomic E-state index is 0.0308. The van der Waals surface area contributed by atoms with E-state index in [2.05, 4.69) is 65.8 Å². The Labute approximate surface area is 161 Å². The molecule has 3 aliphatic rings. The Morgan fingerprint density at radius 3 is 2.08 bits per heavy atom. The molecule has 4 unspecified atom stereocenters. The first-order valence-electron chi connectivity index (χ1n) is 10.4. The van der Waals surface area contributed by atoms with Crippen molar-refractivity contribution in [2.75, 3.05) is 6.51 Å². The highest BCUT2D eigenvalue weighted by Gasteiger charge is 2.41. The van der Waals surface area contributed by atoms with Gasteiger partial charge in [-0.15, -0.1) is 0 Å². The van der Waals surface area contributed by atoms with Gasteiger partial charge >= 0.3 is 6.92 Å². The van der Waals surface area contributed by atoms with E-state index in [-0.39, 0.29) is 36.1 Å². The summed E-state index contributed by atoms with van der Waals surface area (Å²) in [5.74, 6) is 0.573. The maximum atomic E-state index is 6.50. The van der Waals surface area contributed by atoms with Crippen LogP contribution in [0.3, 0.4) is 0 Å². The van der Waals surface area contributed by atoms with Crippen molar-refractivity contribution in [3.05, 3.63) is 24.3 Å². The molecule has 0 spiro atoms. The fraction of sp³-hybridized carbons (Fsp3) is 0.810. The van der Waals surface area contributed by atoms with Crippen molar-refractivity contribution in [3.63, 3.8) is 0 Å². The normalized spacial score (nSPS) is 36.1. The lowest BCUT2D eigenvalue weighted by Crippen LogP contribution is -2.50. The molecule has 0 aliphatic carbocycles. The third-order valence-electron chi connectivity index (χ3n) is 6.07. The van der Waals surface area contributed by atoms with Crippen LogP contribution in [0.15, 0.2) is 24.3 Å². The number of hydrogen-bond acceptors (Lipinski definition) is 3. The van der Waals surface area contributed by atoms with Gasteiger partial charge in [-0.25, -0.2) is 0 Å². The Balaban J connectivity index is 1.77. The van der Waals surface area contributed by atoms with Crippen LogP contribution in [0.1, 0.15) is 48.0 Å². The van der Waals surface area contributed by atoms with Gasteiger partial charge in [0.05, 0.1) is 24.8 Å². The first-order valence-corrected chi connectivity index (χ1v) is 10.4. The van der Waals surface area contributed by atoms with Crippen molar-refractivity contribution in [2.45, 2.75) is 85.2 Å². The Morgan fingerprint density at radius 2 is 1.42 bits per heavy atom. The number of hydrogen-bond donors (Lipinski definition) is 0. The van der Waals surface area contributed by atoms with Gasteiger partial charge < -0.3 is 14.0 Å². The van der Waals surface area contributed by atoms with Crippen molar-refractivity contribution in [1.29, 1.82) is 0 Å². The molecule has 4 atom stereocenters. The fourth-order valence-electron chi connectivity index (χ4n) is 4.57. The summed E-state index contributed by atoms with van der Waals surface area (Å²) in [5, 5.41) is 0. The summed E-state index contributed by atoms with van der Waals surface area (Å²) in [6.45, 7) is 14.8. The van der Waals surface area contributed by atoms with Crippen molar-refractivity contribution >= 4 is 13.8 Å². The molecule has 5 heteroatoms. The number of ether oxygens (including phenoxy) is 1. The van der Waals surface area contributed by atoms with Gasteiger partial charge in [0.15, 0.2) is 0 Å². The second kappa shape index (κ2) is 7.85. The van der Waals surface area contributed by atoms with Gasteiger partial charge in [0, 0.05) is 0 Å². The summed E-state index contributed by atoms with van der Waals surface area (Å²) in [6, 6.07) is 0. The Kier molecular flexibility index (Phi) is 6.11. The average Bonchev–Trinajstić information content (AvgIpc) is 2.52. The van der Waals surface area contributed by atoms with Crippen molar-refractivity contribution in [1.82, 2.24) is 0 Å². The van der Waals surface area contributed by atoms with Crippen molar-refractivity contribution in [3.8, 4) is 0 Å². The molecule has 0 saturated carbocycles. The zero-order valence-electron chi connectivity index (χ0n) is 17.5. The zero-order chi connectivity index (χ0) is 18.9. The van der Waals surface area contributed by atoms with Crippen LogP contribution in [0.2, 0.25) is 19.0 Å². The monoisotopic (exact) mass is 358 g/mol. The highest BCUT2D eigenvalue weighted by molar-refractivity contribution is 6.53. The summed E-state index contributed by atoms with van der Waals surface area (Å²) in [4.78, 5) is 0. The lowest BCUT2D eigenvalue weighted by atomic mass is 9.54. The molecule has 3 nitrogen and oxygen atoms in total. The zero-order valence-corrected chi connectivity index (χ0v) is 17.5. The van der Waals surface area contributed by atoms with E-state index < -0.39 is 0 Å². The molecule has 144 valence electrons. The maximum absolute atomic E-state index is 6.50. The molecule has 3 rings (SSSR count). The standard InChI is InChI=1S/C21H36B2O3/c1-20(2,3)16-11-14-22-12-8-10-18-19(21(4,5)6)24-15-23(26-18)13-7-9-17(16)25-22/h7-10,16-19H,11-15H2,1-6H3/b9-7+,10-8+. The van der Waals surface area contributed by atoms with Gasteiger partial charge in [-0.1, -0.05) is 72.3 Å². The third-order valence-corrected chi connectivity index (χ3v) is 6.07. The van der Waals surface area contributed by atoms with Crippen LogP contribution in [-0.2, 0) is 14.0 Å². The molecule has 3 aliphatic heterocycles. The quantitative estimate of drug-likeness (QED) is 0.455. The minimum Gasteiger partial charge on any atom is -0.429 e. The van der Waals surface area contributed by atoms with E-state index in [4.69, 9.17) is 14.0 Å². The van der Waals surface area contributed by atoms with E-state index in [1.807, 2.05) is 0 Å². The van der Waals surface area contributed by atoms with Crippen molar-refractivity contribution in [2.24, 2.45) is 16.7 Å². The van der Waals surface area contributed by atoms with Crippen LogP contribution in [-0.4, -0.2) is 38.6 Å². The van der Waals surface area contributed by atoms with Crippen LogP contribution < -0.4 is 0 Å². The van der Waals surface area contributed by atoms with Crippen LogP contribution >= 0.6 is 0 Å². The first-order chi connectivity index (χ1) is 12.1. The van der Waals surface area contributed by atoms with E-state index in [1.165, 1.54) is 6.42 Å². The predicted molar refractivity (Wildman–Crippen MR) is 111 cm³/mol. The lowest BCUT2D eigenvalue weighted by molar-refractivity contribution is -0.0812. The summed E-state index contributed by atoms with van der Waals surface area (Å²) in [6.07, 6.45) is 13.6. The molecule has 2 saturated heterocycles. The second-order valence-electron chi connectivity index (χ2n) is 10.4. The maximum Gasteiger partial charge on any atom is 0.323 e. The summed E-state index contributed by atoms with van der Waals surface area (Å²) < 4.78 is 19.2. The molecule has 0 N–H and O–H groups in total. The van der Waals surface area contributed by atoms with Gasteiger partial charge in [0.1, 0.15) is 0 Å². The third kappa shape index (κ3) is 4.85. The van der Waals surface area contributed by atoms with Crippen molar-refractivity contribution < 1.29 is 14.0 Å². The molecule has 0 aromatic carbocycles. The first kappa shape index (κ1) is 20.2. The van der Waals surface area contributed by atoms with E-state index in [1.54, 1.807) is 0 Å². The molecular weight excluding hydrogens is 322 g/mol. The summed E-state index contributed by atoms with van der Waals surface area (Å²) in [7, 11) is 0. The number of allylic oxidation sites excluding steroid dienone is 2. The van der Waals surface area contributed by atoms with E-state index >= 15 is 0 Å². The van der Waals surface area contributed by atoms with E-state index in [0.29, 0.717) is 19.3 Å². The average molecular weight is 358 g/mol. The van der Waals surface area contributed by atoms with Gasteiger partial charge in [0.2, 0.25) is 0 Å². The smallest absolute Gasteiger partial charge is 0.323 e. The molecule has 26 heavy (non-hydrogen) atoms. The lowest BCUT2D eigenvalue weighted by Gasteiger charge is -2.42. The molecular formula is C21H36B2O3. The Hall–Kier alpha value is -0.510. The van der Waals surface area contributed by atoms with E-state index in [0.717, 1.165) is 19.0 Å². The molecule has 2 fully saturated rings. The number of rotatable bonds is 0. The predicted octanol–water partition coefficient (Wildman–Crippen LogP) is 4.92. The highest BCUT2D eigenvalue weighted by Crippen LogP contribution is 2.39. The summed E-state index contributed by atoms with van der Waals surface area (Å²) in [5.41, 5.74) is 0.335. The molecule has 3 heterocycles. The molecule has 0 radical (unpaired) electrons. The minimum absolute atomic E-state index is 0.0308. The van der Waals surface area contributed by atoms with Gasteiger partial charge in [-0.2, -0.15) is 0 Å². The topological polar surface area (TPSA) is 27.7 Å². The highest BCUT2D eigenvalue weighted by atomic mass is 16.6. The van der Waals surface area contributed by atoms with Crippen LogP contribution in [0.25, 0.3) is 0 Å². The Bertz CT molecular complexity index is 484. The molecule has 0 aromatic heterocycles. The van der Waals surface area contributed by atoms with Crippen LogP contribution in [0.4, 0.5) is 0 Å². The molecule has 4 bridgehead atoms. The van der Waals surface area contributed by atoms with Gasteiger partial charge in [-0.05, 0) is 35.7 Å². The van der Waals surface area contributed by atoms with E-state index in [9.17, 15) is 0 Å². The van der Waals surface area contributed by atoms with Gasteiger partial charge in [0.25, 0.3) is 6.92 Å². The summed E-state index contributed by atoms with van der Waals surface area (Å²) >= 11 is 0. The fourth-order valence-corrected chi connectivity index (χ4v) is 4.57. The molecule has 0 amide bonds. The second-order valence-corrected chi connectivity index (χ2v) is 10.4. The van der Waals surface area contributed by atoms with Crippen LogP contribution in [0.5, 0.6) is 0 Å². The Morgan fingerprint density at radius 1 is 0.808 bits per heavy atom.